The molecule has 35 heavy (non-hydrogen) atoms. The van der Waals surface area contributed by atoms with Gasteiger partial charge < -0.3 is 32.5 Å². The lowest BCUT2D eigenvalue weighted by molar-refractivity contribution is -0.132. The van der Waals surface area contributed by atoms with Crippen molar-refractivity contribution in [2.24, 2.45) is 11.5 Å². The fourth-order valence-electron chi connectivity index (χ4n) is 3.20. The van der Waals surface area contributed by atoms with E-state index in [1.807, 2.05) is 6.07 Å². The minimum absolute atomic E-state index is 0.0462. The maximum Gasteiger partial charge on any atom is 0.244 e. The Labute approximate surface area is 209 Å². The summed E-state index contributed by atoms with van der Waals surface area (Å²) < 4.78 is 0. The quantitative estimate of drug-likeness (QED) is 0.191. The van der Waals surface area contributed by atoms with Crippen molar-refractivity contribution in [1.29, 1.82) is 0 Å². The van der Waals surface area contributed by atoms with Crippen molar-refractivity contribution in [1.82, 2.24) is 16.0 Å². The lowest BCUT2D eigenvalue weighted by atomic mass is 10.0. The van der Waals surface area contributed by atoms with Gasteiger partial charge in [-0.25, -0.2) is 0 Å². The molecule has 0 bridgehead atoms. The van der Waals surface area contributed by atoms with Crippen LogP contribution in [-0.2, 0) is 32.0 Å². The van der Waals surface area contributed by atoms with Crippen molar-refractivity contribution in [2.75, 3.05) is 5.75 Å². The molecule has 0 saturated carbocycles. The molecule has 2 aromatic carbocycles. The SMILES string of the molecule is C[C@H](NC(=O)[C@@H](N)Cc1ccc(O)cc1)C(=O)N[C@@H](CS)C(=O)N[C@@H](Cc1ccccc1)C(N)=O. The third kappa shape index (κ3) is 8.95. The Balaban J connectivity index is 1.90. The second kappa shape index (κ2) is 13.4. The Bertz CT molecular complexity index is 1020. The first-order valence-electron chi connectivity index (χ1n) is 11.0. The van der Waals surface area contributed by atoms with E-state index in [2.05, 4.69) is 28.6 Å². The van der Waals surface area contributed by atoms with E-state index in [-0.39, 0.29) is 24.3 Å². The van der Waals surface area contributed by atoms with Crippen LogP contribution < -0.4 is 27.4 Å². The van der Waals surface area contributed by atoms with E-state index in [1.54, 1.807) is 36.4 Å². The number of rotatable bonds is 12. The van der Waals surface area contributed by atoms with Gasteiger partial charge in [0.25, 0.3) is 0 Å². The van der Waals surface area contributed by atoms with E-state index in [0.717, 1.165) is 11.1 Å². The fourth-order valence-corrected chi connectivity index (χ4v) is 3.46. The van der Waals surface area contributed by atoms with Crippen LogP contribution in [0.3, 0.4) is 0 Å². The third-order valence-corrected chi connectivity index (χ3v) is 5.60. The molecule has 10 nitrogen and oxygen atoms in total. The number of phenolic OH excluding ortho intramolecular Hbond substituents is 1. The van der Waals surface area contributed by atoms with Crippen LogP contribution in [0.15, 0.2) is 54.6 Å². The second-order valence-electron chi connectivity index (χ2n) is 8.10. The van der Waals surface area contributed by atoms with E-state index in [1.165, 1.54) is 19.1 Å². The molecule has 0 aromatic heterocycles. The predicted octanol–water partition coefficient (Wildman–Crippen LogP) is -0.606. The van der Waals surface area contributed by atoms with E-state index in [9.17, 15) is 24.3 Å². The van der Waals surface area contributed by atoms with Crippen LogP contribution in [0.5, 0.6) is 5.75 Å². The van der Waals surface area contributed by atoms with Crippen molar-refractivity contribution in [3.63, 3.8) is 0 Å². The Morgan fingerprint density at radius 1 is 0.829 bits per heavy atom. The molecule has 0 aliphatic carbocycles. The average molecular weight is 502 g/mol. The van der Waals surface area contributed by atoms with Crippen LogP contribution in [0, 0.1) is 0 Å². The monoisotopic (exact) mass is 501 g/mol. The van der Waals surface area contributed by atoms with Gasteiger partial charge in [-0.2, -0.15) is 12.6 Å². The maximum atomic E-state index is 12.7. The summed E-state index contributed by atoms with van der Waals surface area (Å²) in [6.45, 7) is 1.45. The van der Waals surface area contributed by atoms with Crippen LogP contribution in [0.25, 0.3) is 0 Å². The molecule has 4 amide bonds. The molecule has 8 N–H and O–H groups in total. The van der Waals surface area contributed by atoms with Crippen LogP contribution in [0.2, 0.25) is 0 Å². The highest BCUT2D eigenvalue weighted by Gasteiger charge is 2.27. The molecule has 2 aromatic rings. The van der Waals surface area contributed by atoms with Crippen molar-refractivity contribution >= 4 is 36.3 Å². The number of thiol groups is 1. The van der Waals surface area contributed by atoms with Gasteiger partial charge in [0.1, 0.15) is 23.9 Å². The second-order valence-corrected chi connectivity index (χ2v) is 8.47. The van der Waals surface area contributed by atoms with E-state index in [0.29, 0.717) is 0 Å². The molecule has 0 radical (unpaired) electrons. The number of hydrogen-bond acceptors (Lipinski definition) is 7. The summed E-state index contributed by atoms with van der Waals surface area (Å²) in [5.74, 6) is -2.46. The summed E-state index contributed by atoms with van der Waals surface area (Å²) in [6.07, 6.45) is 0.401. The number of carbonyl (C=O) groups excluding carboxylic acids is 4. The minimum Gasteiger partial charge on any atom is -0.508 e. The van der Waals surface area contributed by atoms with Gasteiger partial charge >= 0.3 is 0 Å². The lowest BCUT2D eigenvalue weighted by Gasteiger charge is -2.23. The largest absolute Gasteiger partial charge is 0.508 e. The summed E-state index contributed by atoms with van der Waals surface area (Å²) >= 11 is 4.12. The van der Waals surface area contributed by atoms with Gasteiger partial charge in [-0.3, -0.25) is 19.2 Å². The van der Waals surface area contributed by atoms with E-state index < -0.39 is 47.8 Å². The van der Waals surface area contributed by atoms with E-state index >= 15 is 0 Å². The van der Waals surface area contributed by atoms with E-state index in [4.69, 9.17) is 11.5 Å². The molecule has 2 rings (SSSR count). The number of aromatic hydroxyl groups is 1. The lowest BCUT2D eigenvalue weighted by Crippen LogP contribution is -2.57. The number of nitrogens with one attached hydrogen (secondary N) is 3. The van der Waals surface area contributed by atoms with Crippen LogP contribution in [0.4, 0.5) is 0 Å². The van der Waals surface area contributed by atoms with Crippen LogP contribution in [0.1, 0.15) is 18.1 Å². The first-order valence-corrected chi connectivity index (χ1v) is 11.6. The topological polar surface area (TPSA) is 177 Å². The first-order chi connectivity index (χ1) is 16.6. The normalized spacial score (nSPS) is 14.1. The van der Waals surface area contributed by atoms with Crippen molar-refractivity contribution in [2.45, 2.75) is 43.9 Å². The summed E-state index contributed by atoms with van der Waals surface area (Å²) in [5, 5.41) is 16.9. The van der Waals surface area contributed by atoms with Crippen LogP contribution in [-0.4, -0.2) is 58.7 Å². The molecule has 0 saturated heterocycles. The Morgan fingerprint density at radius 3 is 1.97 bits per heavy atom. The smallest absolute Gasteiger partial charge is 0.244 e. The fraction of sp³-hybridized carbons (Fsp3) is 0.333. The zero-order valence-corrected chi connectivity index (χ0v) is 20.2. The molecule has 0 fully saturated rings. The molecule has 0 aliphatic heterocycles. The van der Waals surface area contributed by atoms with Gasteiger partial charge in [-0.1, -0.05) is 42.5 Å². The van der Waals surface area contributed by atoms with Crippen molar-refractivity contribution < 1.29 is 24.3 Å². The summed E-state index contributed by atoms with van der Waals surface area (Å²) in [6, 6.07) is 11.4. The van der Waals surface area contributed by atoms with Gasteiger partial charge in [-0.05, 0) is 36.6 Å². The van der Waals surface area contributed by atoms with Gasteiger partial charge in [-0.15, -0.1) is 0 Å². The summed E-state index contributed by atoms with van der Waals surface area (Å²) in [5.41, 5.74) is 12.9. The molecular formula is C24H31N5O5S. The molecule has 11 heteroatoms. The summed E-state index contributed by atoms with van der Waals surface area (Å²) in [7, 11) is 0. The highest BCUT2D eigenvalue weighted by molar-refractivity contribution is 7.80. The zero-order valence-electron chi connectivity index (χ0n) is 19.3. The molecule has 0 spiro atoms. The zero-order chi connectivity index (χ0) is 26.0. The third-order valence-electron chi connectivity index (χ3n) is 5.24. The molecular weight excluding hydrogens is 470 g/mol. The number of amides is 4. The van der Waals surface area contributed by atoms with Crippen molar-refractivity contribution in [3.05, 3.63) is 65.7 Å². The number of primary amides is 1. The number of nitrogens with two attached hydrogens (primary N) is 2. The highest BCUT2D eigenvalue weighted by atomic mass is 32.1. The Hall–Kier alpha value is -3.57. The van der Waals surface area contributed by atoms with Crippen LogP contribution >= 0.6 is 12.6 Å². The standard InChI is InChI=1S/C24H31N5O5S/c1-14(27-23(33)18(25)11-16-7-9-17(30)10-8-16)22(32)29-20(13-35)24(34)28-19(21(26)31)12-15-5-3-2-4-6-15/h2-10,14,18-20,30,35H,11-13,25H2,1H3,(H2,26,31)(H,27,33)(H,28,34)(H,29,32)/t14-,18-,19-,20-/m0/s1. The minimum atomic E-state index is -1.06. The molecule has 4 atom stereocenters. The van der Waals surface area contributed by atoms with Crippen molar-refractivity contribution in [3.8, 4) is 5.75 Å². The number of benzene rings is 2. The van der Waals surface area contributed by atoms with Gasteiger partial charge in [0.2, 0.25) is 23.6 Å². The highest BCUT2D eigenvalue weighted by Crippen LogP contribution is 2.11. The number of carbonyl (C=O) groups is 4. The predicted molar refractivity (Wildman–Crippen MR) is 134 cm³/mol. The Morgan fingerprint density at radius 2 is 1.40 bits per heavy atom. The van der Waals surface area contributed by atoms with Gasteiger partial charge in [0.15, 0.2) is 0 Å². The first kappa shape index (κ1) is 27.7. The summed E-state index contributed by atoms with van der Waals surface area (Å²) in [4.78, 5) is 49.5. The number of phenols is 1. The molecule has 0 unspecified atom stereocenters. The van der Waals surface area contributed by atoms with Gasteiger partial charge in [0, 0.05) is 12.2 Å². The Kier molecular flexibility index (Phi) is 10.6. The molecule has 188 valence electrons. The molecule has 0 heterocycles. The number of hydrogen-bond donors (Lipinski definition) is 7. The van der Waals surface area contributed by atoms with Gasteiger partial charge in [0.05, 0.1) is 6.04 Å². The molecule has 0 aliphatic rings. The maximum absolute atomic E-state index is 12.7. The average Bonchev–Trinajstić information content (AvgIpc) is 2.83.